The lowest BCUT2D eigenvalue weighted by Gasteiger charge is -2.28. The number of halogens is 2. The molecule has 1 amide bonds. The molecule has 126 valence electrons. The van der Waals surface area contributed by atoms with Crippen molar-refractivity contribution in [3.05, 3.63) is 28.2 Å². The second-order valence-electron chi connectivity index (χ2n) is 5.62. The van der Waals surface area contributed by atoms with Gasteiger partial charge in [0.05, 0.1) is 35.4 Å². The average Bonchev–Trinajstić information content (AvgIpc) is 2.51. The van der Waals surface area contributed by atoms with E-state index in [0.29, 0.717) is 28.9 Å². The Balaban J connectivity index is 1.91. The number of benzene rings is 1. The minimum atomic E-state index is -0.167. The van der Waals surface area contributed by atoms with Gasteiger partial charge in [0, 0.05) is 0 Å². The molecular weight excluding hydrogens is 339 g/mol. The first-order chi connectivity index (χ1) is 11.0. The quantitative estimate of drug-likeness (QED) is 0.788. The maximum atomic E-state index is 12.2. The molecule has 1 heterocycles. The van der Waals surface area contributed by atoms with Crippen molar-refractivity contribution in [3.63, 3.8) is 0 Å². The van der Waals surface area contributed by atoms with Crippen LogP contribution < -0.4 is 10.2 Å². The van der Waals surface area contributed by atoms with Gasteiger partial charge in [-0.1, -0.05) is 29.3 Å². The monoisotopic (exact) mass is 359 g/mol. The number of quaternary nitrogens is 1. The van der Waals surface area contributed by atoms with Gasteiger partial charge in [0.2, 0.25) is 0 Å². The molecule has 1 fully saturated rings. The smallest absolute Gasteiger partial charge is 0.314 e. The van der Waals surface area contributed by atoms with Gasteiger partial charge in [-0.15, -0.1) is 0 Å². The van der Waals surface area contributed by atoms with E-state index in [1.54, 1.807) is 25.1 Å². The minimum absolute atomic E-state index is 0.129. The Morgan fingerprint density at radius 1 is 1.35 bits per heavy atom. The summed E-state index contributed by atoms with van der Waals surface area (Å²) in [5, 5.41) is 3.57. The molecular formula is C16H21Cl2N2O3+. The van der Waals surface area contributed by atoms with Crippen LogP contribution in [0, 0.1) is 5.92 Å². The molecule has 7 heteroatoms. The normalized spacial score (nSPS) is 20.8. The van der Waals surface area contributed by atoms with Crippen LogP contribution in [0.4, 0.5) is 5.69 Å². The summed E-state index contributed by atoms with van der Waals surface area (Å²) in [5.74, 6) is -0.464. The first-order valence-corrected chi connectivity index (χ1v) is 8.51. The second-order valence-corrected chi connectivity index (χ2v) is 6.43. The molecule has 1 aliphatic rings. The number of likely N-dealkylation sites (tertiary alicyclic amines) is 1. The van der Waals surface area contributed by atoms with Crippen molar-refractivity contribution < 1.29 is 19.2 Å². The summed E-state index contributed by atoms with van der Waals surface area (Å²) in [6.45, 7) is 3.93. The number of anilines is 1. The maximum Gasteiger partial charge on any atom is 0.314 e. The van der Waals surface area contributed by atoms with E-state index in [1.165, 1.54) is 0 Å². The number of ether oxygens (including phenoxy) is 1. The molecule has 1 aromatic carbocycles. The molecule has 2 N–H and O–H groups in total. The topological polar surface area (TPSA) is 59.8 Å². The fourth-order valence-electron chi connectivity index (χ4n) is 2.80. The van der Waals surface area contributed by atoms with Crippen molar-refractivity contribution in [1.82, 2.24) is 0 Å². The summed E-state index contributed by atoms with van der Waals surface area (Å²) >= 11 is 12.1. The van der Waals surface area contributed by atoms with E-state index >= 15 is 0 Å². The van der Waals surface area contributed by atoms with Crippen LogP contribution in [-0.4, -0.2) is 38.1 Å². The number of piperidine rings is 1. The number of carbonyl (C=O) groups excluding carboxylic acids is 2. The van der Waals surface area contributed by atoms with Crippen molar-refractivity contribution in [2.24, 2.45) is 5.92 Å². The zero-order valence-electron chi connectivity index (χ0n) is 13.0. The van der Waals surface area contributed by atoms with Crippen molar-refractivity contribution in [3.8, 4) is 0 Å². The number of para-hydroxylation sites is 1. The van der Waals surface area contributed by atoms with Crippen molar-refractivity contribution in [2.45, 2.75) is 19.8 Å². The zero-order valence-corrected chi connectivity index (χ0v) is 14.5. The lowest BCUT2D eigenvalue weighted by molar-refractivity contribution is -0.899. The molecule has 1 aliphatic heterocycles. The number of hydrogen-bond acceptors (Lipinski definition) is 3. The molecule has 1 aromatic rings. The minimum Gasteiger partial charge on any atom is -0.466 e. The molecule has 23 heavy (non-hydrogen) atoms. The van der Waals surface area contributed by atoms with Crippen molar-refractivity contribution in [1.29, 1.82) is 0 Å². The summed E-state index contributed by atoms with van der Waals surface area (Å²) < 4.78 is 5.07. The molecule has 2 rings (SSSR count). The molecule has 1 saturated heterocycles. The highest BCUT2D eigenvalue weighted by molar-refractivity contribution is 6.39. The van der Waals surface area contributed by atoms with E-state index in [2.05, 4.69) is 5.32 Å². The molecule has 2 atom stereocenters. The summed E-state index contributed by atoms with van der Waals surface area (Å²) in [4.78, 5) is 25.1. The Hall–Kier alpha value is -1.30. The lowest BCUT2D eigenvalue weighted by atomic mass is 9.98. The van der Waals surface area contributed by atoms with Gasteiger partial charge in [0.1, 0.15) is 5.92 Å². The van der Waals surface area contributed by atoms with Crippen LogP contribution in [0.25, 0.3) is 0 Å². The first-order valence-electron chi connectivity index (χ1n) is 7.75. The third kappa shape index (κ3) is 5.09. The Kier molecular flexibility index (Phi) is 6.69. The summed E-state index contributed by atoms with van der Waals surface area (Å²) in [6.07, 6.45) is 1.72. The predicted octanol–water partition coefficient (Wildman–Crippen LogP) is 1.79. The van der Waals surface area contributed by atoms with E-state index in [1.807, 2.05) is 0 Å². The first kappa shape index (κ1) is 18.0. The highest BCUT2D eigenvalue weighted by Gasteiger charge is 2.30. The van der Waals surface area contributed by atoms with Gasteiger partial charge in [0.15, 0.2) is 6.54 Å². The fraction of sp³-hybridized carbons (Fsp3) is 0.500. The Morgan fingerprint density at radius 3 is 2.70 bits per heavy atom. The average molecular weight is 360 g/mol. The van der Waals surface area contributed by atoms with Crippen LogP contribution in [0.1, 0.15) is 19.8 Å². The van der Waals surface area contributed by atoms with Gasteiger partial charge in [-0.3, -0.25) is 9.59 Å². The van der Waals surface area contributed by atoms with Crippen LogP contribution >= 0.6 is 23.2 Å². The van der Waals surface area contributed by atoms with E-state index < -0.39 is 0 Å². The molecule has 0 aromatic heterocycles. The summed E-state index contributed by atoms with van der Waals surface area (Å²) in [7, 11) is 0. The Bertz CT molecular complexity index is 560. The number of amides is 1. The van der Waals surface area contributed by atoms with E-state index in [0.717, 1.165) is 24.3 Å². The maximum absolute atomic E-state index is 12.2. The SMILES string of the molecule is CCOC(=O)[C@@H]1CCC[NH+](CC(=O)Nc2c(Cl)cccc2Cl)C1. The summed E-state index contributed by atoms with van der Waals surface area (Å²) in [5.41, 5.74) is 0.430. The standard InChI is InChI=1S/C16H20Cl2N2O3/c1-2-23-16(22)11-5-4-8-20(9-11)10-14(21)19-15-12(17)6-3-7-13(15)18/h3,6-7,11H,2,4-5,8-10H2,1H3,(H,19,21)/p+1/t11-/m1/s1. The molecule has 0 radical (unpaired) electrons. The van der Waals surface area contributed by atoms with Crippen molar-refractivity contribution in [2.75, 3.05) is 31.6 Å². The Morgan fingerprint density at radius 2 is 2.04 bits per heavy atom. The van der Waals surface area contributed by atoms with E-state index in [4.69, 9.17) is 27.9 Å². The molecule has 1 unspecified atom stereocenters. The molecule has 5 nitrogen and oxygen atoms in total. The number of carbonyl (C=O) groups is 2. The van der Waals surface area contributed by atoms with Gasteiger partial charge < -0.3 is 15.0 Å². The predicted molar refractivity (Wildman–Crippen MR) is 90.0 cm³/mol. The van der Waals surface area contributed by atoms with Gasteiger partial charge in [-0.25, -0.2) is 0 Å². The number of esters is 1. The third-order valence-electron chi connectivity index (χ3n) is 3.88. The van der Waals surface area contributed by atoms with Gasteiger partial charge in [-0.05, 0) is 31.9 Å². The molecule has 0 saturated carbocycles. The van der Waals surface area contributed by atoms with Crippen LogP contribution in [0.3, 0.4) is 0 Å². The third-order valence-corrected chi connectivity index (χ3v) is 4.51. The number of hydrogen-bond donors (Lipinski definition) is 2. The lowest BCUT2D eigenvalue weighted by Crippen LogP contribution is -3.14. The van der Waals surface area contributed by atoms with Crippen molar-refractivity contribution >= 4 is 40.8 Å². The highest BCUT2D eigenvalue weighted by atomic mass is 35.5. The number of rotatable bonds is 5. The fourth-order valence-corrected chi connectivity index (χ4v) is 3.29. The van der Waals surface area contributed by atoms with Gasteiger partial charge >= 0.3 is 5.97 Å². The Labute approximate surface area is 145 Å². The van der Waals surface area contributed by atoms with Gasteiger partial charge in [0.25, 0.3) is 5.91 Å². The summed E-state index contributed by atoms with van der Waals surface area (Å²) in [6, 6.07) is 5.07. The number of nitrogens with one attached hydrogen (secondary N) is 2. The zero-order chi connectivity index (χ0) is 16.8. The molecule has 0 bridgehead atoms. The van der Waals surface area contributed by atoms with E-state index in [-0.39, 0.29) is 24.3 Å². The van der Waals surface area contributed by atoms with Crippen LogP contribution in [-0.2, 0) is 14.3 Å². The van der Waals surface area contributed by atoms with E-state index in [9.17, 15) is 9.59 Å². The second kappa shape index (κ2) is 8.52. The largest absolute Gasteiger partial charge is 0.466 e. The molecule has 0 aliphatic carbocycles. The van der Waals surface area contributed by atoms with Crippen LogP contribution in [0.5, 0.6) is 0 Å². The van der Waals surface area contributed by atoms with Crippen LogP contribution in [0.15, 0.2) is 18.2 Å². The highest BCUT2D eigenvalue weighted by Crippen LogP contribution is 2.29. The molecule has 0 spiro atoms. The van der Waals surface area contributed by atoms with Crippen LogP contribution in [0.2, 0.25) is 10.0 Å². The van der Waals surface area contributed by atoms with Gasteiger partial charge in [-0.2, -0.15) is 0 Å².